The zero-order valence-corrected chi connectivity index (χ0v) is 9.63. The third kappa shape index (κ3) is 1.52. The van der Waals surface area contributed by atoms with Gasteiger partial charge in [-0.15, -0.1) is 0 Å². The first-order valence-corrected chi connectivity index (χ1v) is 5.91. The standard InChI is InChI=1S/C13H14N2O2/c1-2-8-6-11(8)15-7-14-12-9(13(16)17)4-3-5-10(12)15/h3-5,7-8,11H,2,6H2,1H3,(H,16,17). The quantitative estimate of drug-likeness (QED) is 0.882. The van der Waals surface area contributed by atoms with E-state index in [4.69, 9.17) is 5.11 Å². The van der Waals surface area contributed by atoms with Gasteiger partial charge in [-0.3, -0.25) is 0 Å². The van der Waals surface area contributed by atoms with Gasteiger partial charge in [0.25, 0.3) is 0 Å². The molecule has 1 aliphatic rings. The average molecular weight is 230 g/mol. The minimum Gasteiger partial charge on any atom is -0.478 e. The molecule has 1 aromatic heterocycles. The van der Waals surface area contributed by atoms with Gasteiger partial charge in [0, 0.05) is 6.04 Å². The molecule has 1 fully saturated rings. The van der Waals surface area contributed by atoms with Crippen molar-refractivity contribution in [1.29, 1.82) is 0 Å². The van der Waals surface area contributed by atoms with Gasteiger partial charge in [0.2, 0.25) is 0 Å². The number of aromatic carboxylic acids is 1. The number of imidazole rings is 1. The van der Waals surface area contributed by atoms with Crippen LogP contribution in [-0.2, 0) is 0 Å². The molecular formula is C13H14N2O2. The van der Waals surface area contributed by atoms with Gasteiger partial charge >= 0.3 is 5.97 Å². The molecule has 1 heterocycles. The lowest BCUT2D eigenvalue weighted by Crippen LogP contribution is -1.98. The predicted octanol–water partition coefficient (Wildman–Crippen LogP) is 2.71. The van der Waals surface area contributed by atoms with Crippen LogP contribution in [-0.4, -0.2) is 20.6 Å². The third-order valence-electron chi connectivity index (χ3n) is 3.60. The van der Waals surface area contributed by atoms with Crippen molar-refractivity contribution >= 4 is 17.0 Å². The Hall–Kier alpha value is -1.84. The molecule has 1 aliphatic carbocycles. The van der Waals surface area contributed by atoms with Crippen LogP contribution in [0.1, 0.15) is 36.2 Å². The van der Waals surface area contributed by atoms with Gasteiger partial charge in [-0.25, -0.2) is 9.78 Å². The molecule has 2 unspecified atom stereocenters. The summed E-state index contributed by atoms with van der Waals surface area (Å²) in [6.07, 6.45) is 4.12. The Bertz CT molecular complexity index is 588. The summed E-state index contributed by atoms with van der Waals surface area (Å²) in [5, 5.41) is 9.10. The van der Waals surface area contributed by atoms with Crippen molar-refractivity contribution in [2.45, 2.75) is 25.8 Å². The summed E-state index contributed by atoms with van der Waals surface area (Å²) in [6.45, 7) is 2.19. The van der Waals surface area contributed by atoms with Crippen LogP contribution >= 0.6 is 0 Å². The first kappa shape index (κ1) is 10.3. The summed E-state index contributed by atoms with van der Waals surface area (Å²) in [5.74, 6) is -0.190. The second kappa shape index (κ2) is 3.58. The van der Waals surface area contributed by atoms with Gasteiger partial charge in [0.1, 0.15) is 5.52 Å². The topological polar surface area (TPSA) is 55.1 Å². The highest BCUT2D eigenvalue weighted by Gasteiger charge is 2.37. The molecular weight excluding hydrogens is 216 g/mol. The van der Waals surface area contributed by atoms with Crippen LogP contribution in [0.5, 0.6) is 0 Å². The summed E-state index contributed by atoms with van der Waals surface area (Å²) in [5.41, 5.74) is 1.82. The molecule has 2 aromatic rings. The van der Waals surface area contributed by atoms with Crippen molar-refractivity contribution in [2.24, 2.45) is 5.92 Å². The molecule has 17 heavy (non-hydrogen) atoms. The van der Waals surface area contributed by atoms with Gasteiger partial charge in [0.05, 0.1) is 17.4 Å². The molecule has 4 heteroatoms. The first-order chi connectivity index (χ1) is 8.22. The fourth-order valence-electron chi connectivity index (χ4n) is 2.51. The SMILES string of the molecule is CCC1CC1n1cnc2c(C(=O)O)cccc21. The number of nitrogens with zero attached hydrogens (tertiary/aromatic N) is 2. The number of aromatic nitrogens is 2. The van der Waals surface area contributed by atoms with Crippen LogP contribution in [0.15, 0.2) is 24.5 Å². The van der Waals surface area contributed by atoms with E-state index < -0.39 is 5.97 Å². The Kier molecular flexibility index (Phi) is 2.18. The van der Waals surface area contributed by atoms with Gasteiger partial charge in [0.15, 0.2) is 0 Å². The van der Waals surface area contributed by atoms with Crippen LogP contribution < -0.4 is 0 Å². The summed E-state index contributed by atoms with van der Waals surface area (Å²) in [7, 11) is 0. The number of hydrogen-bond donors (Lipinski definition) is 1. The number of rotatable bonds is 3. The molecule has 0 bridgehead atoms. The smallest absolute Gasteiger partial charge is 0.337 e. The van der Waals surface area contributed by atoms with Gasteiger partial charge < -0.3 is 9.67 Å². The number of carboxylic acid groups (broad SMARTS) is 1. The normalized spacial score (nSPS) is 22.9. The molecule has 0 amide bonds. The number of benzene rings is 1. The molecule has 0 spiro atoms. The van der Waals surface area contributed by atoms with Gasteiger partial charge in [-0.1, -0.05) is 19.4 Å². The Morgan fingerprint density at radius 3 is 3.06 bits per heavy atom. The molecule has 2 atom stereocenters. The second-order valence-electron chi connectivity index (χ2n) is 4.60. The van der Waals surface area contributed by atoms with Crippen LogP contribution in [0, 0.1) is 5.92 Å². The Morgan fingerprint density at radius 1 is 1.59 bits per heavy atom. The number of para-hydroxylation sites is 1. The van der Waals surface area contributed by atoms with Gasteiger partial charge in [-0.2, -0.15) is 0 Å². The summed E-state index contributed by atoms with van der Waals surface area (Å²) in [6, 6.07) is 5.84. The largest absolute Gasteiger partial charge is 0.478 e. The Balaban J connectivity index is 2.11. The summed E-state index contributed by atoms with van der Waals surface area (Å²) < 4.78 is 2.12. The van der Waals surface area contributed by atoms with Gasteiger partial charge in [-0.05, 0) is 24.5 Å². The van der Waals surface area contributed by atoms with Crippen molar-refractivity contribution in [3.8, 4) is 0 Å². The highest BCUT2D eigenvalue weighted by atomic mass is 16.4. The molecule has 0 radical (unpaired) electrons. The van der Waals surface area contributed by atoms with E-state index in [-0.39, 0.29) is 5.56 Å². The lowest BCUT2D eigenvalue weighted by Gasteiger charge is -2.03. The van der Waals surface area contributed by atoms with E-state index in [1.807, 2.05) is 6.07 Å². The highest BCUT2D eigenvalue weighted by Crippen LogP contribution is 2.46. The molecule has 3 rings (SSSR count). The number of hydrogen-bond acceptors (Lipinski definition) is 2. The van der Waals surface area contributed by atoms with Crippen molar-refractivity contribution in [2.75, 3.05) is 0 Å². The molecule has 1 aromatic carbocycles. The maximum atomic E-state index is 11.1. The molecule has 0 saturated heterocycles. The maximum absolute atomic E-state index is 11.1. The number of carbonyl (C=O) groups is 1. The average Bonchev–Trinajstić information content (AvgIpc) is 2.99. The van der Waals surface area contributed by atoms with Crippen molar-refractivity contribution in [1.82, 2.24) is 9.55 Å². The van der Waals surface area contributed by atoms with E-state index in [9.17, 15) is 4.79 Å². The summed E-state index contributed by atoms with van der Waals surface area (Å²) in [4.78, 5) is 15.3. The molecule has 1 N–H and O–H groups in total. The van der Waals surface area contributed by atoms with E-state index in [0.717, 1.165) is 11.4 Å². The highest BCUT2D eigenvalue weighted by molar-refractivity contribution is 6.00. The predicted molar refractivity (Wildman–Crippen MR) is 64.1 cm³/mol. The zero-order valence-electron chi connectivity index (χ0n) is 9.63. The van der Waals surface area contributed by atoms with E-state index >= 15 is 0 Å². The van der Waals surface area contributed by atoms with E-state index in [2.05, 4.69) is 16.5 Å². The molecule has 0 aliphatic heterocycles. The minimum atomic E-state index is -0.913. The zero-order chi connectivity index (χ0) is 12.0. The van der Waals surface area contributed by atoms with Crippen LogP contribution in [0.25, 0.3) is 11.0 Å². The summed E-state index contributed by atoms with van der Waals surface area (Å²) >= 11 is 0. The fourth-order valence-corrected chi connectivity index (χ4v) is 2.51. The van der Waals surface area contributed by atoms with E-state index in [1.165, 1.54) is 12.8 Å². The van der Waals surface area contributed by atoms with Crippen LogP contribution in [0.2, 0.25) is 0 Å². The maximum Gasteiger partial charge on any atom is 0.337 e. The Morgan fingerprint density at radius 2 is 2.41 bits per heavy atom. The fraction of sp³-hybridized carbons (Fsp3) is 0.385. The molecule has 4 nitrogen and oxygen atoms in total. The van der Waals surface area contributed by atoms with Crippen LogP contribution in [0.3, 0.4) is 0 Å². The lowest BCUT2D eigenvalue weighted by atomic mass is 10.2. The number of carboxylic acids is 1. The third-order valence-corrected chi connectivity index (χ3v) is 3.60. The Labute approximate surface area is 98.9 Å². The van der Waals surface area contributed by atoms with Crippen molar-refractivity contribution < 1.29 is 9.90 Å². The van der Waals surface area contributed by atoms with Crippen LogP contribution in [0.4, 0.5) is 0 Å². The molecule has 1 saturated carbocycles. The lowest BCUT2D eigenvalue weighted by molar-refractivity contribution is 0.0699. The molecule has 88 valence electrons. The minimum absolute atomic E-state index is 0.287. The van der Waals surface area contributed by atoms with Crippen molar-refractivity contribution in [3.63, 3.8) is 0 Å². The number of fused-ring (bicyclic) bond motifs is 1. The van der Waals surface area contributed by atoms with E-state index in [1.54, 1.807) is 18.5 Å². The first-order valence-electron chi connectivity index (χ1n) is 5.91. The second-order valence-corrected chi connectivity index (χ2v) is 4.60. The monoisotopic (exact) mass is 230 g/mol. The van der Waals surface area contributed by atoms with Crippen molar-refractivity contribution in [3.05, 3.63) is 30.1 Å². The van der Waals surface area contributed by atoms with E-state index in [0.29, 0.717) is 11.6 Å².